The number of Topliss-reactive ketones (excluding diaryl/α,β-unsaturated/α-hetero) is 1. The Balaban J connectivity index is 1.77. The molecule has 0 unspecified atom stereocenters. The number of hydrogen-bond acceptors (Lipinski definition) is 2. The van der Waals surface area contributed by atoms with Crippen LogP contribution in [0, 0.1) is 0 Å². The van der Waals surface area contributed by atoms with Crippen LogP contribution in [-0.4, -0.2) is 5.78 Å². The van der Waals surface area contributed by atoms with E-state index in [0.29, 0.717) is 6.42 Å². The minimum absolute atomic E-state index is 0.219. The Labute approximate surface area is 136 Å². The molecule has 126 valence electrons. The van der Waals surface area contributed by atoms with Crippen molar-refractivity contribution in [2.24, 2.45) is 0 Å². The third kappa shape index (κ3) is 9.81. The average molecular weight is 306 g/mol. The largest absolute Gasteiger partial charge is 0.472 e. The zero-order chi connectivity index (χ0) is 15.9. The molecule has 0 aliphatic heterocycles. The number of carbonyl (C=O) groups is 1. The van der Waals surface area contributed by atoms with Crippen LogP contribution in [-0.2, 0) is 0 Å². The monoisotopic (exact) mass is 306 g/mol. The van der Waals surface area contributed by atoms with E-state index < -0.39 is 0 Å². The summed E-state index contributed by atoms with van der Waals surface area (Å²) >= 11 is 0. The lowest BCUT2D eigenvalue weighted by Gasteiger charge is -2.03. The summed E-state index contributed by atoms with van der Waals surface area (Å²) in [6.07, 6.45) is 21.2. The molecular weight excluding hydrogens is 272 g/mol. The van der Waals surface area contributed by atoms with Crippen LogP contribution in [0.3, 0.4) is 0 Å². The summed E-state index contributed by atoms with van der Waals surface area (Å²) in [5, 5.41) is 0. The summed E-state index contributed by atoms with van der Waals surface area (Å²) < 4.78 is 4.93. The van der Waals surface area contributed by atoms with Gasteiger partial charge in [0.2, 0.25) is 0 Å². The molecule has 0 bridgehead atoms. The van der Waals surface area contributed by atoms with Crippen LogP contribution in [0.4, 0.5) is 0 Å². The molecule has 0 spiro atoms. The smallest absolute Gasteiger partial charge is 0.166 e. The molecular formula is C20H34O2. The zero-order valence-electron chi connectivity index (χ0n) is 14.4. The number of furan rings is 1. The first kappa shape index (κ1) is 19.0. The lowest BCUT2D eigenvalue weighted by molar-refractivity contribution is 0.0978. The first-order valence-electron chi connectivity index (χ1n) is 9.40. The molecule has 0 atom stereocenters. The summed E-state index contributed by atoms with van der Waals surface area (Å²) in [4.78, 5) is 11.7. The minimum Gasteiger partial charge on any atom is -0.472 e. The second-order valence-electron chi connectivity index (χ2n) is 6.43. The molecule has 1 rings (SSSR count). The van der Waals surface area contributed by atoms with E-state index in [1.165, 1.54) is 77.0 Å². The minimum atomic E-state index is 0.219. The fourth-order valence-electron chi connectivity index (χ4n) is 2.87. The highest BCUT2D eigenvalue weighted by Gasteiger charge is 2.05. The summed E-state index contributed by atoms with van der Waals surface area (Å²) in [5.74, 6) is 0.219. The molecule has 2 nitrogen and oxygen atoms in total. The first-order chi connectivity index (χ1) is 10.8. The molecule has 1 aromatic rings. The Morgan fingerprint density at radius 3 is 1.77 bits per heavy atom. The van der Waals surface area contributed by atoms with Crippen molar-refractivity contribution >= 4 is 5.78 Å². The SMILES string of the molecule is CCCCCCCCCCCCCCCC(=O)c1ccoc1. The lowest BCUT2D eigenvalue weighted by atomic mass is 10.0. The third-order valence-electron chi connectivity index (χ3n) is 4.35. The molecule has 22 heavy (non-hydrogen) atoms. The Hall–Kier alpha value is -1.05. The van der Waals surface area contributed by atoms with E-state index >= 15 is 0 Å². The maximum atomic E-state index is 11.7. The standard InChI is InChI=1S/C20H34O2/c1-2-3-4-5-6-7-8-9-10-11-12-13-14-15-20(21)19-16-17-22-18-19/h16-18H,2-15H2,1H3. The lowest BCUT2D eigenvalue weighted by Crippen LogP contribution is -1.96. The molecule has 0 amide bonds. The van der Waals surface area contributed by atoms with Crippen LogP contribution in [0.1, 0.15) is 107 Å². The number of rotatable bonds is 15. The van der Waals surface area contributed by atoms with Crippen LogP contribution in [0.5, 0.6) is 0 Å². The Morgan fingerprint density at radius 2 is 1.32 bits per heavy atom. The third-order valence-corrected chi connectivity index (χ3v) is 4.35. The highest BCUT2D eigenvalue weighted by Crippen LogP contribution is 2.14. The summed E-state index contributed by atoms with van der Waals surface area (Å²) in [6, 6.07) is 1.75. The number of ketones is 1. The topological polar surface area (TPSA) is 30.2 Å². The van der Waals surface area contributed by atoms with Gasteiger partial charge in [-0.2, -0.15) is 0 Å². The fourth-order valence-corrected chi connectivity index (χ4v) is 2.87. The van der Waals surface area contributed by atoms with Gasteiger partial charge in [-0.1, -0.05) is 84.0 Å². The van der Waals surface area contributed by atoms with E-state index in [4.69, 9.17) is 4.42 Å². The van der Waals surface area contributed by atoms with Gasteiger partial charge in [0.25, 0.3) is 0 Å². The van der Waals surface area contributed by atoms with Gasteiger partial charge in [-0.25, -0.2) is 0 Å². The van der Waals surface area contributed by atoms with Gasteiger partial charge >= 0.3 is 0 Å². The van der Waals surface area contributed by atoms with Crippen LogP contribution in [0.2, 0.25) is 0 Å². The van der Waals surface area contributed by atoms with Crippen molar-refractivity contribution in [1.29, 1.82) is 0 Å². The second kappa shape index (κ2) is 13.6. The van der Waals surface area contributed by atoms with Crippen LogP contribution in [0.15, 0.2) is 23.0 Å². The maximum Gasteiger partial charge on any atom is 0.166 e. The molecule has 0 aliphatic carbocycles. The normalized spacial score (nSPS) is 11.0. The van der Waals surface area contributed by atoms with Gasteiger partial charge in [0.05, 0.1) is 11.8 Å². The summed E-state index contributed by atoms with van der Waals surface area (Å²) in [6.45, 7) is 2.27. The Kier molecular flexibility index (Phi) is 11.7. The van der Waals surface area contributed by atoms with Gasteiger partial charge in [0, 0.05) is 6.42 Å². The van der Waals surface area contributed by atoms with E-state index in [1.54, 1.807) is 18.6 Å². The molecule has 0 N–H and O–H groups in total. The number of hydrogen-bond donors (Lipinski definition) is 0. The van der Waals surface area contributed by atoms with E-state index in [1.807, 2.05) is 0 Å². The zero-order valence-corrected chi connectivity index (χ0v) is 14.4. The van der Waals surface area contributed by atoms with Gasteiger partial charge in [-0.15, -0.1) is 0 Å². The highest BCUT2D eigenvalue weighted by molar-refractivity contribution is 5.95. The molecule has 0 aliphatic rings. The average Bonchev–Trinajstić information content (AvgIpc) is 3.06. The van der Waals surface area contributed by atoms with Gasteiger partial charge in [-0.05, 0) is 12.5 Å². The molecule has 2 heteroatoms. The van der Waals surface area contributed by atoms with Gasteiger partial charge in [0.15, 0.2) is 5.78 Å². The fraction of sp³-hybridized carbons (Fsp3) is 0.750. The van der Waals surface area contributed by atoms with Crippen molar-refractivity contribution in [3.63, 3.8) is 0 Å². The van der Waals surface area contributed by atoms with E-state index in [-0.39, 0.29) is 5.78 Å². The second-order valence-corrected chi connectivity index (χ2v) is 6.43. The van der Waals surface area contributed by atoms with Crippen molar-refractivity contribution < 1.29 is 9.21 Å². The molecule has 1 aromatic heterocycles. The highest BCUT2D eigenvalue weighted by atomic mass is 16.3. The summed E-state index contributed by atoms with van der Waals surface area (Å²) in [7, 11) is 0. The van der Waals surface area contributed by atoms with Crippen molar-refractivity contribution in [2.75, 3.05) is 0 Å². The first-order valence-corrected chi connectivity index (χ1v) is 9.40. The molecule has 1 heterocycles. The van der Waals surface area contributed by atoms with Crippen LogP contribution < -0.4 is 0 Å². The van der Waals surface area contributed by atoms with Crippen molar-refractivity contribution in [3.05, 3.63) is 24.2 Å². The van der Waals surface area contributed by atoms with Gasteiger partial charge in [0.1, 0.15) is 6.26 Å². The predicted octanol–water partition coefficient (Wildman–Crippen LogP) is 6.94. The molecule has 0 radical (unpaired) electrons. The Bertz CT molecular complexity index is 354. The van der Waals surface area contributed by atoms with E-state index in [2.05, 4.69) is 6.92 Å². The van der Waals surface area contributed by atoms with Gasteiger partial charge in [-0.3, -0.25) is 4.79 Å². The maximum absolute atomic E-state index is 11.7. The summed E-state index contributed by atoms with van der Waals surface area (Å²) in [5.41, 5.74) is 0.721. The van der Waals surface area contributed by atoms with Crippen molar-refractivity contribution in [3.8, 4) is 0 Å². The number of carbonyl (C=O) groups excluding carboxylic acids is 1. The quantitative estimate of drug-likeness (QED) is 0.259. The van der Waals surface area contributed by atoms with Crippen LogP contribution >= 0.6 is 0 Å². The molecule has 0 saturated carbocycles. The molecule has 0 aromatic carbocycles. The van der Waals surface area contributed by atoms with E-state index in [9.17, 15) is 4.79 Å². The van der Waals surface area contributed by atoms with Crippen LogP contribution in [0.25, 0.3) is 0 Å². The number of unbranched alkanes of at least 4 members (excludes halogenated alkanes) is 12. The van der Waals surface area contributed by atoms with Gasteiger partial charge < -0.3 is 4.42 Å². The molecule has 0 saturated heterocycles. The predicted molar refractivity (Wildman–Crippen MR) is 93.4 cm³/mol. The Morgan fingerprint density at radius 1 is 0.818 bits per heavy atom. The van der Waals surface area contributed by atoms with Crippen molar-refractivity contribution in [1.82, 2.24) is 0 Å². The van der Waals surface area contributed by atoms with Crippen molar-refractivity contribution in [2.45, 2.75) is 96.8 Å². The van der Waals surface area contributed by atoms with E-state index in [0.717, 1.165) is 12.0 Å². The molecule has 0 fully saturated rings.